The van der Waals surface area contributed by atoms with Gasteiger partial charge in [0.2, 0.25) is 12.7 Å². The van der Waals surface area contributed by atoms with Gasteiger partial charge in [0.25, 0.3) is 0 Å². The minimum absolute atomic E-state index is 0.317. The van der Waals surface area contributed by atoms with Gasteiger partial charge in [-0.2, -0.15) is 0 Å². The number of ether oxygens (including phenoxy) is 2. The van der Waals surface area contributed by atoms with Crippen molar-refractivity contribution in [2.45, 2.75) is 39.2 Å². The van der Waals surface area contributed by atoms with E-state index in [0.29, 0.717) is 18.7 Å². The lowest BCUT2D eigenvalue weighted by Crippen LogP contribution is -2.19. The molecule has 0 aliphatic carbocycles. The van der Waals surface area contributed by atoms with Crippen LogP contribution in [0.25, 0.3) is 5.95 Å². The van der Waals surface area contributed by atoms with E-state index in [9.17, 15) is 0 Å². The Kier molecular flexibility index (Phi) is 5.76. The van der Waals surface area contributed by atoms with E-state index in [1.807, 2.05) is 23.8 Å². The van der Waals surface area contributed by atoms with E-state index >= 15 is 0 Å². The molecule has 0 saturated carbocycles. The molecule has 1 unspecified atom stereocenters. The monoisotopic (exact) mass is 393 g/mol. The van der Waals surface area contributed by atoms with Crippen molar-refractivity contribution in [1.82, 2.24) is 24.4 Å². The number of nitrogens with zero attached hydrogens (tertiary/aromatic N) is 5. The Morgan fingerprint density at radius 1 is 1.17 bits per heavy atom. The van der Waals surface area contributed by atoms with Crippen molar-refractivity contribution in [1.29, 1.82) is 0 Å². The molecule has 4 rings (SSSR count). The molecule has 7 heteroatoms. The van der Waals surface area contributed by atoms with Crippen LogP contribution >= 0.6 is 0 Å². The van der Waals surface area contributed by atoms with Crippen LogP contribution in [0.4, 0.5) is 0 Å². The third-order valence-corrected chi connectivity index (χ3v) is 5.17. The predicted octanol–water partition coefficient (Wildman–Crippen LogP) is 3.72. The summed E-state index contributed by atoms with van der Waals surface area (Å²) in [5.41, 5.74) is 3.30. The molecule has 0 radical (unpaired) electrons. The van der Waals surface area contributed by atoms with Gasteiger partial charge in [-0.3, -0.25) is 4.57 Å². The minimum Gasteiger partial charge on any atom is -0.454 e. The zero-order valence-electron chi connectivity index (χ0n) is 17.2. The van der Waals surface area contributed by atoms with Gasteiger partial charge in [0, 0.05) is 30.3 Å². The van der Waals surface area contributed by atoms with Crippen LogP contribution in [0.1, 0.15) is 42.6 Å². The smallest absolute Gasteiger partial charge is 0.235 e. The highest BCUT2D eigenvalue weighted by Gasteiger charge is 2.14. The van der Waals surface area contributed by atoms with Gasteiger partial charge < -0.3 is 14.4 Å². The first-order chi connectivity index (χ1) is 14.1. The van der Waals surface area contributed by atoms with Gasteiger partial charge in [0.05, 0.1) is 0 Å². The SMILES string of the molecule is Cc1cc(C(C)CCCN(C)Cc2ccc3c(c2)OCO3)nc(-n2ccnc2)n1. The predicted molar refractivity (Wildman–Crippen MR) is 110 cm³/mol. The van der Waals surface area contributed by atoms with Crippen LogP contribution in [0, 0.1) is 6.92 Å². The summed E-state index contributed by atoms with van der Waals surface area (Å²) >= 11 is 0. The number of aromatic nitrogens is 4. The summed E-state index contributed by atoms with van der Waals surface area (Å²) in [4.78, 5) is 15.7. The van der Waals surface area contributed by atoms with E-state index in [1.165, 1.54) is 5.56 Å². The molecule has 0 fully saturated rings. The Balaban J connectivity index is 1.30. The molecule has 0 spiro atoms. The molecule has 1 aliphatic heterocycles. The van der Waals surface area contributed by atoms with Gasteiger partial charge in [-0.15, -0.1) is 0 Å². The molecule has 0 saturated heterocycles. The van der Waals surface area contributed by atoms with Crippen LogP contribution in [0.2, 0.25) is 0 Å². The number of rotatable bonds is 8. The Labute approximate surface area is 171 Å². The fourth-order valence-electron chi connectivity index (χ4n) is 3.57. The molecule has 0 amide bonds. The Morgan fingerprint density at radius 3 is 2.86 bits per heavy atom. The Hall–Kier alpha value is -2.93. The number of fused-ring (bicyclic) bond motifs is 1. The summed E-state index contributed by atoms with van der Waals surface area (Å²) in [6.45, 7) is 6.48. The maximum absolute atomic E-state index is 5.47. The summed E-state index contributed by atoms with van der Waals surface area (Å²) < 4.78 is 12.7. The van der Waals surface area contributed by atoms with E-state index < -0.39 is 0 Å². The summed E-state index contributed by atoms with van der Waals surface area (Å²) in [6.07, 6.45) is 7.52. The topological polar surface area (TPSA) is 65.3 Å². The summed E-state index contributed by atoms with van der Waals surface area (Å²) in [6, 6.07) is 8.25. The number of imidazole rings is 1. The lowest BCUT2D eigenvalue weighted by molar-refractivity contribution is 0.174. The average molecular weight is 393 g/mol. The van der Waals surface area contributed by atoms with Crippen LogP contribution in [0.5, 0.6) is 11.5 Å². The van der Waals surface area contributed by atoms with Gasteiger partial charge >= 0.3 is 0 Å². The van der Waals surface area contributed by atoms with Gasteiger partial charge in [-0.25, -0.2) is 15.0 Å². The second kappa shape index (κ2) is 8.61. The van der Waals surface area contributed by atoms with Gasteiger partial charge in [0.15, 0.2) is 11.5 Å². The van der Waals surface area contributed by atoms with Crippen molar-refractivity contribution in [2.75, 3.05) is 20.4 Å². The fourth-order valence-corrected chi connectivity index (χ4v) is 3.57. The lowest BCUT2D eigenvalue weighted by Gasteiger charge is -2.18. The molecule has 7 nitrogen and oxygen atoms in total. The number of benzene rings is 1. The normalized spacial score (nSPS) is 13.8. The maximum Gasteiger partial charge on any atom is 0.235 e. The standard InChI is InChI=1S/C22H27N5O2/c1-16(19-11-17(2)24-22(25-19)27-10-8-23-14-27)5-4-9-26(3)13-18-6-7-20-21(12-18)29-15-28-20/h6-8,10-12,14,16H,4-5,9,13,15H2,1-3H3. The fraction of sp³-hybridized carbons (Fsp3) is 0.409. The third kappa shape index (κ3) is 4.74. The first kappa shape index (κ1) is 19.4. The van der Waals surface area contributed by atoms with Crippen LogP contribution < -0.4 is 9.47 Å². The van der Waals surface area contributed by atoms with Crippen molar-refractivity contribution >= 4 is 0 Å². The van der Waals surface area contributed by atoms with E-state index in [0.717, 1.165) is 48.8 Å². The third-order valence-electron chi connectivity index (χ3n) is 5.17. The average Bonchev–Trinajstić information content (AvgIpc) is 3.39. The molecule has 1 aromatic carbocycles. The molecule has 3 heterocycles. The number of hydrogen-bond acceptors (Lipinski definition) is 6. The molecular formula is C22H27N5O2. The van der Waals surface area contributed by atoms with E-state index in [4.69, 9.17) is 14.5 Å². The first-order valence-electron chi connectivity index (χ1n) is 9.99. The first-order valence-corrected chi connectivity index (χ1v) is 9.99. The van der Waals surface area contributed by atoms with E-state index in [-0.39, 0.29) is 0 Å². The molecule has 2 aromatic heterocycles. The summed E-state index contributed by atoms with van der Waals surface area (Å²) in [7, 11) is 2.15. The van der Waals surface area contributed by atoms with Crippen LogP contribution in [-0.2, 0) is 6.54 Å². The van der Waals surface area contributed by atoms with Gasteiger partial charge in [-0.1, -0.05) is 13.0 Å². The highest BCUT2D eigenvalue weighted by atomic mass is 16.7. The lowest BCUT2D eigenvalue weighted by atomic mass is 10.0. The molecule has 1 atom stereocenters. The number of aryl methyl sites for hydroxylation is 1. The molecule has 29 heavy (non-hydrogen) atoms. The molecule has 152 valence electrons. The molecule has 0 N–H and O–H groups in total. The minimum atomic E-state index is 0.317. The van der Waals surface area contributed by atoms with E-state index in [2.05, 4.69) is 47.0 Å². The zero-order chi connectivity index (χ0) is 20.2. The quantitative estimate of drug-likeness (QED) is 0.581. The van der Waals surface area contributed by atoms with Crippen LogP contribution in [-0.4, -0.2) is 44.8 Å². The van der Waals surface area contributed by atoms with Gasteiger partial charge in [0.1, 0.15) is 6.33 Å². The van der Waals surface area contributed by atoms with Crippen LogP contribution in [0.3, 0.4) is 0 Å². The van der Waals surface area contributed by atoms with Crippen molar-refractivity contribution < 1.29 is 9.47 Å². The molecule has 3 aromatic rings. The second-order valence-corrected chi connectivity index (χ2v) is 7.67. The van der Waals surface area contributed by atoms with E-state index in [1.54, 1.807) is 12.5 Å². The summed E-state index contributed by atoms with van der Waals surface area (Å²) in [5, 5.41) is 0. The number of hydrogen-bond donors (Lipinski definition) is 0. The molecule has 0 bridgehead atoms. The largest absolute Gasteiger partial charge is 0.454 e. The molecular weight excluding hydrogens is 366 g/mol. The Bertz CT molecular complexity index is 958. The highest BCUT2D eigenvalue weighted by Crippen LogP contribution is 2.32. The summed E-state index contributed by atoms with van der Waals surface area (Å²) in [5.74, 6) is 2.74. The zero-order valence-corrected chi connectivity index (χ0v) is 17.2. The van der Waals surface area contributed by atoms with Crippen molar-refractivity contribution in [3.63, 3.8) is 0 Å². The Morgan fingerprint density at radius 2 is 2.03 bits per heavy atom. The van der Waals surface area contributed by atoms with Gasteiger partial charge in [-0.05, 0) is 63.0 Å². The maximum atomic E-state index is 5.47. The second-order valence-electron chi connectivity index (χ2n) is 7.67. The van der Waals surface area contributed by atoms with Crippen LogP contribution in [0.15, 0.2) is 43.0 Å². The van der Waals surface area contributed by atoms with Crippen molar-refractivity contribution in [3.8, 4) is 17.4 Å². The molecule has 1 aliphatic rings. The van der Waals surface area contributed by atoms with Crippen molar-refractivity contribution in [3.05, 3.63) is 59.9 Å². The van der Waals surface area contributed by atoms with Crippen molar-refractivity contribution in [2.24, 2.45) is 0 Å². The highest BCUT2D eigenvalue weighted by molar-refractivity contribution is 5.44.